The molecule has 152 valence electrons. The van der Waals surface area contributed by atoms with Crippen molar-refractivity contribution in [1.82, 2.24) is 19.3 Å². The van der Waals surface area contributed by atoms with Crippen molar-refractivity contribution in [1.29, 1.82) is 0 Å². The second-order valence-corrected chi connectivity index (χ2v) is 7.18. The third kappa shape index (κ3) is 4.14. The summed E-state index contributed by atoms with van der Waals surface area (Å²) in [6.07, 6.45) is -0.438. The number of imidazole rings is 1. The van der Waals surface area contributed by atoms with Crippen LogP contribution in [0.1, 0.15) is 11.3 Å². The molecule has 1 amide bonds. The minimum Gasteiger partial charge on any atom is -0.353 e. The van der Waals surface area contributed by atoms with Crippen molar-refractivity contribution in [3.05, 3.63) is 59.1 Å². The van der Waals surface area contributed by atoms with Gasteiger partial charge in [-0.3, -0.25) is 4.79 Å². The van der Waals surface area contributed by atoms with Gasteiger partial charge in [-0.25, -0.2) is 9.97 Å². The molecule has 0 N–H and O–H groups in total. The molecule has 10 heteroatoms. The van der Waals surface area contributed by atoms with Crippen LogP contribution in [0.5, 0.6) is 0 Å². The lowest BCUT2D eigenvalue weighted by Crippen LogP contribution is -2.49. The van der Waals surface area contributed by atoms with Crippen LogP contribution in [0.15, 0.2) is 42.9 Å². The van der Waals surface area contributed by atoms with E-state index in [9.17, 15) is 18.0 Å². The molecule has 0 atom stereocenters. The van der Waals surface area contributed by atoms with E-state index in [4.69, 9.17) is 11.6 Å². The van der Waals surface area contributed by atoms with Crippen LogP contribution in [0.4, 0.5) is 19.0 Å². The van der Waals surface area contributed by atoms with Crippen molar-refractivity contribution in [2.45, 2.75) is 12.6 Å². The summed E-state index contributed by atoms with van der Waals surface area (Å²) in [5, 5.41) is -0.109. The molecule has 3 aromatic rings. The van der Waals surface area contributed by atoms with Crippen LogP contribution in [-0.2, 0) is 17.4 Å². The molecular weight excluding hydrogens is 407 g/mol. The van der Waals surface area contributed by atoms with Crippen LogP contribution in [0, 0.1) is 0 Å². The van der Waals surface area contributed by atoms with Gasteiger partial charge >= 0.3 is 6.18 Å². The van der Waals surface area contributed by atoms with E-state index in [0.29, 0.717) is 31.9 Å². The number of fused-ring (bicyclic) bond motifs is 1. The molecule has 0 unspecified atom stereocenters. The Morgan fingerprint density at radius 3 is 2.55 bits per heavy atom. The molecule has 4 rings (SSSR count). The molecule has 1 saturated heterocycles. The van der Waals surface area contributed by atoms with Crippen LogP contribution in [0.2, 0.25) is 5.02 Å². The lowest BCUT2D eigenvalue weighted by atomic mass is 10.2. The van der Waals surface area contributed by atoms with Crippen molar-refractivity contribution in [3.8, 4) is 0 Å². The highest BCUT2D eigenvalue weighted by atomic mass is 35.5. The van der Waals surface area contributed by atoms with Gasteiger partial charge < -0.3 is 14.2 Å². The summed E-state index contributed by atoms with van der Waals surface area (Å²) in [5.74, 6) is 0.747. The number of alkyl halides is 3. The number of hydrogen-bond acceptors (Lipinski definition) is 4. The average Bonchev–Trinajstić information content (AvgIpc) is 3.11. The zero-order chi connectivity index (χ0) is 20.6. The molecule has 29 heavy (non-hydrogen) atoms. The minimum atomic E-state index is -4.51. The van der Waals surface area contributed by atoms with Crippen LogP contribution >= 0.6 is 11.6 Å². The fourth-order valence-electron chi connectivity index (χ4n) is 3.34. The van der Waals surface area contributed by atoms with Gasteiger partial charge in [-0.15, -0.1) is 0 Å². The largest absolute Gasteiger partial charge is 0.417 e. The predicted molar refractivity (Wildman–Crippen MR) is 102 cm³/mol. The molecule has 1 fully saturated rings. The van der Waals surface area contributed by atoms with Crippen molar-refractivity contribution >= 4 is 29.0 Å². The first kappa shape index (κ1) is 19.5. The molecule has 0 saturated carbocycles. The predicted octanol–water partition coefficient (Wildman–Crippen LogP) is 3.29. The first-order valence-corrected chi connectivity index (χ1v) is 9.37. The van der Waals surface area contributed by atoms with E-state index in [1.165, 1.54) is 10.6 Å². The lowest BCUT2D eigenvalue weighted by Gasteiger charge is -2.35. The lowest BCUT2D eigenvalue weighted by molar-refractivity contribution is -0.138. The van der Waals surface area contributed by atoms with E-state index in [-0.39, 0.29) is 23.0 Å². The van der Waals surface area contributed by atoms with Gasteiger partial charge in [0, 0.05) is 44.8 Å². The van der Waals surface area contributed by atoms with Gasteiger partial charge in [-0.05, 0) is 18.2 Å². The third-order valence-electron chi connectivity index (χ3n) is 4.82. The number of pyridine rings is 2. The molecule has 0 bridgehead atoms. The van der Waals surface area contributed by atoms with Gasteiger partial charge in [-0.1, -0.05) is 17.7 Å². The molecule has 0 aliphatic carbocycles. The molecule has 0 aromatic carbocycles. The number of hydrogen-bond donors (Lipinski definition) is 0. The maximum Gasteiger partial charge on any atom is 0.417 e. The number of piperazine rings is 1. The van der Waals surface area contributed by atoms with E-state index >= 15 is 0 Å². The zero-order valence-corrected chi connectivity index (χ0v) is 16.0. The van der Waals surface area contributed by atoms with Crippen LogP contribution in [0.3, 0.4) is 0 Å². The molecule has 3 aromatic heterocycles. The zero-order valence-electron chi connectivity index (χ0n) is 15.2. The van der Waals surface area contributed by atoms with E-state index in [1.807, 2.05) is 18.2 Å². The van der Waals surface area contributed by atoms with Gasteiger partial charge in [0.15, 0.2) is 5.65 Å². The highest BCUT2D eigenvalue weighted by molar-refractivity contribution is 6.33. The monoisotopic (exact) mass is 423 g/mol. The number of nitrogens with zero attached hydrogens (tertiary/aromatic N) is 5. The Kier molecular flexibility index (Phi) is 5.08. The van der Waals surface area contributed by atoms with Crippen LogP contribution < -0.4 is 4.90 Å². The molecule has 4 heterocycles. The van der Waals surface area contributed by atoms with E-state index < -0.39 is 11.7 Å². The van der Waals surface area contributed by atoms with Gasteiger partial charge in [-0.2, -0.15) is 13.2 Å². The van der Waals surface area contributed by atoms with Gasteiger partial charge in [0.1, 0.15) is 5.82 Å². The van der Waals surface area contributed by atoms with Crippen LogP contribution in [-0.4, -0.2) is 51.4 Å². The Hall–Kier alpha value is -2.81. The second-order valence-electron chi connectivity index (χ2n) is 6.77. The summed E-state index contributed by atoms with van der Waals surface area (Å²) in [7, 11) is 0. The summed E-state index contributed by atoms with van der Waals surface area (Å²) in [4.78, 5) is 25.0. The minimum absolute atomic E-state index is 0.00292. The number of carbonyl (C=O) groups excluding carboxylic acids is 1. The Balaban J connectivity index is 1.44. The summed E-state index contributed by atoms with van der Waals surface area (Å²) in [6.45, 7) is 2.41. The number of rotatable bonds is 3. The number of carbonyl (C=O) groups is 1. The quantitative estimate of drug-likeness (QED) is 0.648. The second kappa shape index (κ2) is 7.55. The number of amides is 1. The SMILES string of the molecule is O=C(Cc1cn2cc(C(F)(F)F)cc(Cl)c2n1)N1CCN(c2ccccn2)CC1. The van der Waals surface area contributed by atoms with Crippen molar-refractivity contribution in [2.75, 3.05) is 31.1 Å². The Labute approximate surface area is 169 Å². The number of aromatic nitrogens is 3. The van der Waals surface area contributed by atoms with Crippen molar-refractivity contribution < 1.29 is 18.0 Å². The van der Waals surface area contributed by atoms with Gasteiger partial charge in [0.05, 0.1) is 22.7 Å². The normalized spacial score (nSPS) is 15.2. The van der Waals surface area contributed by atoms with Gasteiger partial charge in [0.25, 0.3) is 0 Å². The highest BCUT2D eigenvalue weighted by Gasteiger charge is 2.32. The maximum atomic E-state index is 12.9. The molecule has 1 aliphatic rings. The summed E-state index contributed by atoms with van der Waals surface area (Å²) in [5.41, 5.74) is -0.290. The van der Waals surface area contributed by atoms with E-state index in [2.05, 4.69) is 14.9 Å². The maximum absolute atomic E-state index is 12.9. The highest BCUT2D eigenvalue weighted by Crippen LogP contribution is 2.32. The fourth-order valence-corrected chi connectivity index (χ4v) is 3.60. The topological polar surface area (TPSA) is 53.7 Å². The first-order chi connectivity index (χ1) is 13.8. The van der Waals surface area contributed by atoms with Crippen molar-refractivity contribution in [2.24, 2.45) is 0 Å². The molecule has 1 aliphatic heterocycles. The number of halogens is 4. The summed E-state index contributed by atoms with van der Waals surface area (Å²) in [6, 6.07) is 6.53. The Morgan fingerprint density at radius 1 is 1.14 bits per heavy atom. The van der Waals surface area contributed by atoms with E-state index in [0.717, 1.165) is 18.1 Å². The molecule has 0 spiro atoms. The van der Waals surface area contributed by atoms with Gasteiger partial charge in [0.2, 0.25) is 5.91 Å². The van der Waals surface area contributed by atoms with Crippen molar-refractivity contribution in [3.63, 3.8) is 0 Å². The molecule has 0 radical (unpaired) electrons. The average molecular weight is 424 g/mol. The van der Waals surface area contributed by atoms with E-state index in [1.54, 1.807) is 11.1 Å². The smallest absolute Gasteiger partial charge is 0.353 e. The Bertz CT molecular complexity index is 1030. The first-order valence-electron chi connectivity index (χ1n) is 8.99. The standard InChI is InChI=1S/C19H17ClF3N5O/c20-15-9-13(19(21,22)23)11-28-12-14(25-18(15)28)10-17(29)27-7-5-26(6-8-27)16-3-1-2-4-24-16/h1-4,9,11-12H,5-8,10H2. The molecule has 6 nitrogen and oxygen atoms in total. The Morgan fingerprint density at radius 2 is 1.90 bits per heavy atom. The third-order valence-corrected chi connectivity index (χ3v) is 5.10. The fraction of sp³-hybridized carbons (Fsp3) is 0.316. The molecular formula is C19H17ClF3N5O. The van der Waals surface area contributed by atoms with Crippen LogP contribution in [0.25, 0.3) is 5.65 Å². The number of anilines is 1. The summed E-state index contributed by atoms with van der Waals surface area (Å²) < 4.78 is 40.1. The summed E-state index contributed by atoms with van der Waals surface area (Å²) >= 11 is 5.95.